The normalized spacial score (nSPS) is 12.6. The monoisotopic (exact) mass is 309 g/mol. The number of hydrogen-bond donors (Lipinski definition) is 1. The molecule has 3 aromatic rings. The number of carbonyl (C=O) groups is 1. The van der Waals surface area contributed by atoms with Crippen LogP contribution in [0, 0.1) is 0 Å². The number of carbonyl (C=O) groups excluding carboxylic acids is 1. The lowest BCUT2D eigenvalue weighted by atomic mass is 10.2. The van der Waals surface area contributed by atoms with Crippen molar-refractivity contribution in [3.05, 3.63) is 64.6 Å². The zero-order chi connectivity index (χ0) is 15.4. The highest BCUT2D eigenvalue weighted by molar-refractivity contribution is 7.10. The number of amides is 1. The van der Waals surface area contributed by atoms with Crippen LogP contribution in [0.2, 0.25) is 0 Å². The van der Waals surface area contributed by atoms with Gasteiger partial charge in [0.05, 0.1) is 29.0 Å². The van der Waals surface area contributed by atoms with Gasteiger partial charge in [-0.15, -0.1) is 11.3 Å². The van der Waals surface area contributed by atoms with E-state index >= 15 is 0 Å². The number of benzene rings is 1. The number of para-hydroxylation sites is 2. The molecule has 22 heavy (non-hydrogen) atoms. The van der Waals surface area contributed by atoms with Crippen LogP contribution in [0.15, 0.2) is 54.1 Å². The Balaban J connectivity index is 1.68. The first-order valence-electron chi connectivity index (χ1n) is 6.96. The summed E-state index contributed by atoms with van der Waals surface area (Å²) in [6.07, 6.45) is 4.83. The van der Waals surface area contributed by atoms with E-state index < -0.39 is 0 Å². The maximum absolute atomic E-state index is 11.9. The van der Waals surface area contributed by atoms with Crippen LogP contribution in [0.4, 0.5) is 0 Å². The highest BCUT2D eigenvalue weighted by atomic mass is 32.1. The molecule has 0 bridgehead atoms. The molecular weight excluding hydrogens is 294 g/mol. The molecule has 1 aromatic carbocycles. The van der Waals surface area contributed by atoms with Gasteiger partial charge in [0, 0.05) is 11.0 Å². The molecular formula is C17H15N3OS. The molecule has 0 aliphatic heterocycles. The highest BCUT2D eigenvalue weighted by Crippen LogP contribution is 2.18. The van der Waals surface area contributed by atoms with Crippen molar-refractivity contribution in [2.24, 2.45) is 0 Å². The molecule has 0 aliphatic carbocycles. The van der Waals surface area contributed by atoms with Crippen LogP contribution in [-0.4, -0.2) is 15.9 Å². The summed E-state index contributed by atoms with van der Waals surface area (Å²) in [5.41, 5.74) is 2.32. The van der Waals surface area contributed by atoms with Crippen LogP contribution in [0.3, 0.4) is 0 Å². The maximum atomic E-state index is 11.9. The quantitative estimate of drug-likeness (QED) is 0.749. The van der Waals surface area contributed by atoms with Crippen LogP contribution in [0.1, 0.15) is 23.5 Å². The lowest BCUT2D eigenvalue weighted by Crippen LogP contribution is -2.23. The number of nitrogens with one attached hydrogen (secondary N) is 1. The topological polar surface area (TPSA) is 54.9 Å². The zero-order valence-electron chi connectivity index (χ0n) is 12.1. The van der Waals surface area contributed by atoms with Gasteiger partial charge < -0.3 is 5.32 Å². The number of aromatic nitrogens is 2. The van der Waals surface area contributed by atoms with Crippen LogP contribution in [0.25, 0.3) is 17.1 Å². The molecule has 0 saturated heterocycles. The van der Waals surface area contributed by atoms with Gasteiger partial charge in [0.25, 0.3) is 0 Å². The van der Waals surface area contributed by atoms with Gasteiger partial charge in [0.2, 0.25) is 5.91 Å². The van der Waals surface area contributed by atoms with Gasteiger partial charge in [-0.2, -0.15) is 0 Å². The number of rotatable bonds is 4. The first-order valence-corrected chi connectivity index (χ1v) is 7.84. The third-order valence-electron chi connectivity index (χ3n) is 3.20. The van der Waals surface area contributed by atoms with Gasteiger partial charge in [-0.1, -0.05) is 18.2 Å². The van der Waals surface area contributed by atoms with Crippen molar-refractivity contribution >= 4 is 34.4 Å². The third-order valence-corrected chi connectivity index (χ3v) is 4.26. The number of thiophene rings is 1. The van der Waals surface area contributed by atoms with Crippen molar-refractivity contribution < 1.29 is 4.79 Å². The smallest absolute Gasteiger partial charge is 0.244 e. The van der Waals surface area contributed by atoms with Crippen LogP contribution < -0.4 is 5.32 Å². The van der Waals surface area contributed by atoms with Crippen LogP contribution >= 0.6 is 11.3 Å². The third kappa shape index (κ3) is 3.38. The van der Waals surface area contributed by atoms with Gasteiger partial charge in [0.15, 0.2) is 0 Å². The summed E-state index contributed by atoms with van der Waals surface area (Å²) >= 11 is 1.63. The number of fused-ring (bicyclic) bond motifs is 1. The average Bonchev–Trinajstić information content (AvgIpc) is 3.07. The molecule has 2 heterocycles. The van der Waals surface area contributed by atoms with E-state index in [1.807, 2.05) is 48.7 Å². The summed E-state index contributed by atoms with van der Waals surface area (Å²) in [6, 6.07) is 11.6. The fraction of sp³-hybridized carbons (Fsp3) is 0.118. The molecule has 0 radical (unpaired) electrons. The van der Waals surface area contributed by atoms with Crippen LogP contribution in [0.5, 0.6) is 0 Å². The number of nitrogens with zero attached hydrogens (tertiary/aromatic N) is 2. The van der Waals surface area contributed by atoms with Crippen molar-refractivity contribution in [3.8, 4) is 0 Å². The van der Waals surface area contributed by atoms with Crippen molar-refractivity contribution in [2.75, 3.05) is 0 Å². The summed E-state index contributed by atoms with van der Waals surface area (Å²) in [6.45, 7) is 1.97. The predicted molar refractivity (Wildman–Crippen MR) is 89.4 cm³/mol. The second-order valence-corrected chi connectivity index (χ2v) is 5.84. The van der Waals surface area contributed by atoms with E-state index in [-0.39, 0.29) is 11.9 Å². The summed E-state index contributed by atoms with van der Waals surface area (Å²) in [5.74, 6) is -0.143. The molecule has 0 fully saturated rings. The van der Waals surface area contributed by atoms with E-state index in [2.05, 4.69) is 15.3 Å². The SMILES string of the molecule is C[C@H](NC(=O)/C=C/c1cnc2ccccc2n1)c1cccs1. The minimum atomic E-state index is -0.143. The van der Waals surface area contributed by atoms with Crippen molar-refractivity contribution in [3.63, 3.8) is 0 Å². The molecule has 1 amide bonds. The number of hydrogen-bond acceptors (Lipinski definition) is 4. The molecule has 0 spiro atoms. The second-order valence-electron chi connectivity index (χ2n) is 4.86. The van der Waals surface area contributed by atoms with Crippen molar-refractivity contribution in [1.82, 2.24) is 15.3 Å². The van der Waals surface area contributed by atoms with Crippen molar-refractivity contribution in [1.29, 1.82) is 0 Å². The van der Waals surface area contributed by atoms with E-state index in [9.17, 15) is 4.79 Å². The molecule has 110 valence electrons. The summed E-state index contributed by atoms with van der Waals surface area (Å²) in [4.78, 5) is 21.8. The molecule has 0 saturated carbocycles. The van der Waals surface area contributed by atoms with Crippen LogP contribution in [-0.2, 0) is 4.79 Å². The minimum Gasteiger partial charge on any atom is -0.345 e. The summed E-state index contributed by atoms with van der Waals surface area (Å²) in [7, 11) is 0. The van der Waals surface area contributed by atoms with Gasteiger partial charge in [-0.25, -0.2) is 4.98 Å². The van der Waals surface area contributed by atoms with Gasteiger partial charge >= 0.3 is 0 Å². The minimum absolute atomic E-state index is 0.000150. The fourth-order valence-electron chi connectivity index (χ4n) is 2.08. The van der Waals surface area contributed by atoms with E-state index in [4.69, 9.17) is 0 Å². The average molecular weight is 309 g/mol. The molecule has 0 aliphatic rings. The lowest BCUT2D eigenvalue weighted by molar-refractivity contribution is -0.117. The Morgan fingerprint density at radius 3 is 2.82 bits per heavy atom. The molecule has 3 rings (SSSR count). The van der Waals surface area contributed by atoms with E-state index in [0.717, 1.165) is 15.9 Å². The molecule has 5 heteroatoms. The second kappa shape index (κ2) is 6.49. The molecule has 1 atom stereocenters. The van der Waals surface area contributed by atoms with Gasteiger partial charge in [-0.05, 0) is 36.6 Å². The Hall–Kier alpha value is -2.53. The van der Waals surface area contributed by atoms with E-state index in [0.29, 0.717) is 5.69 Å². The molecule has 4 nitrogen and oxygen atoms in total. The standard InChI is InChI=1S/C17H15N3OS/c1-12(16-7-4-10-22-16)19-17(21)9-8-13-11-18-14-5-2-3-6-15(14)20-13/h2-12H,1H3,(H,19,21)/b9-8+/t12-/m0/s1. The first kappa shape index (κ1) is 14.4. The molecule has 2 aromatic heterocycles. The Morgan fingerprint density at radius 1 is 1.23 bits per heavy atom. The Bertz CT molecular complexity index is 812. The van der Waals surface area contributed by atoms with Gasteiger partial charge in [0.1, 0.15) is 0 Å². The van der Waals surface area contributed by atoms with E-state index in [1.165, 1.54) is 6.08 Å². The van der Waals surface area contributed by atoms with E-state index in [1.54, 1.807) is 23.6 Å². The highest BCUT2D eigenvalue weighted by Gasteiger charge is 2.07. The molecule has 1 N–H and O–H groups in total. The predicted octanol–water partition coefficient (Wildman–Crippen LogP) is 3.58. The Labute approximate surface area is 132 Å². The van der Waals surface area contributed by atoms with Crippen molar-refractivity contribution in [2.45, 2.75) is 13.0 Å². The summed E-state index contributed by atoms with van der Waals surface area (Å²) < 4.78 is 0. The first-order chi connectivity index (χ1) is 10.7. The zero-order valence-corrected chi connectivity index (χ0v) is 12.9. The van der Waals surface area contributed by atoms with Gasteiger partial charge in [-0.3, -0.25) is 9.78 Å². The Kier molecular flexibility index (Phi) is 4.25. The molecule has 0 unspecified atom stereocenters. The largest absolute Gasteiger partial charge is 0.345 e. The fourth-order valence-corrected chi connectivity index (χ4v) is 2.82. The Morgan fingerprint density at radius 2 is 2.05 bits per heavy atom. The maximum Gasteiger partial charge on any atom is 0.244 e. The summed E-state index contributed by atoms with van der Waals surface area (Å²) in [5, 5.41) is 4.92. The lowest BCUT2D eigenvalue weighted by Gasteiger charge is -2.09.